The summed E-state index contributed by atoms with van der Waals surface area (Å²) in [5.41, 5.74) is -0.476. The maximum absolute atomic E-state index is 10.6. The van der Waals surface area contributed by atoms with Crippen molar-refractivity contribution in [1.82, 2.24) is 15.1 Å². The van der Waals surface area contributed by atoms with Crippen molar-refractivity contribution in [3.63, 3.8) is 0 Å². The maximum atomic E-state index is 10.6. The molecule has 2 saturated heterocycles. The Morgan fingerprint density at radius 3 is 2.71 bits per heavy atom. The number of methoxy groups -OCH3 is 1. The summed E-state index contributed by atoms with van der Waals surface area (Å²) in [6.07, 6.45) is 0.711. The van der Waals surface area contributed by atoms with Crippen LogP contribution in [0.25, 0.3) is 0 Å². The fraction of sp³-hybridized carbons (Fsp3) is 0.529. The number of benzene rings is 1. The molecule has 7 heteroatoms. The molecule has 1 atom stereocenters. The van der Waals surface area contributed by atoms with Crippen LogP contribution in [0.15, 0.2) is 34.7 Å². The topological polar surface area (TPSA) is 80.9 Å². The smallest absolute Gasteiger partial charge is 0.250 e. The molecule has 2 aliphatic heterocycles. The molecule has 2 aromatic rings. The minimum Gasteiger partial charge on any atom is -0.421 e. The van der Waals surface area contributed by atoms with E-state index in [1.54, 1.807) is 7.11 Å². The van der Waals surface area contributed by atoms with Crippen molar-refractivity contribution in [2.45, 2.75) is 24.2 Å². The van der Waals surface area contributed by atoms with Crippen LogP contribution in [0.5, 0.6) is 0 Å². The van der Waals surface area contributed by atoms with E-state index in [1.807, 2.05) is 30.3 Å². The summed E-state index contributed by atoms with van der Waals surface area (Å²) < 4.78 is 16.8. The van der Waals surface area contributed by atoms with Crippen LogP contribution >= 0.6 is 0 Å². The molecule has 0 amide bonds. The first-order valence-electron chi connectivity index (χ1n) is 8.10. The van der Waals surface area contributed by atoms with Gasteiger partial charge in [0.1, 0.15) is 5.60 Å². The molecule has 3 heterocycles. The molecule has 2 fully saturated rings. The average Bonchev–Trinajstić information content (AvgIpc) is 3.24. The monoisotopic (exact) mass is 331 g/mol. The Bertz CT molecular complexity index is 691. The number of nitrogens with zero attached hydrogens (tertiary/aromatic N) is 3. The predicted octanol–water partition coefficient (Wildman–Crippen LogP) is 1.03. The van der Waals surface area contributed by atoms with Crippen LogP contribution in [-0.2, 0) is 27.2 Å². The summed E-state index contributed by atoms with van der Waals surface area (Å²) in [4.78, 5) is 2.08. The first kappa shape index (κ1) is 15.7. The molecule has 0 bridgehead atoms. The van der Waals surface area contributed by atoms with Crippen molar-refractivity contribution in [3.8, 4) is 0 Å². The molecule has 128 valence electrons. The third kappa shape index (κ3) is 2.63. The number of hydrogen-bond acceptors (Lipinski definition) is 7. The molecular formula is C17H21N3O4. The number of aliphatic hydroxyl groups is 1. The highest BCUT2D eigenvalue weighted by molar-refractivity contribution is 5.26. The number of hydrogen-bond donors (Lipinski definition) is 1. The van der Waals surface area contributed by atoms with Gasteiger partial charge >= 0.3 is 0 Å². The van der Waals surface area contributed by atoms with Gasteiger partial charge in [-0.15, -0.1) is 10.2 Å². The summed E-state index contributed by atoms with van der Waals surface area (Å²) in [7, 11) is 1.63. The number of aromatic nitrogens is 2. The standard InChI is InChI=1S/C17H21N3O4/c1-22-17(7-8-23-12-17)15-19-18-14(24-15)9-20-10-16(21,11-20)13-5-3-2-4-6-13/h2-6,21H,7-12H2,1H3. The van der Waals surface area contributed by atoms with Gasteiger partial charge in [-0.3, -0.25) is 4.90 Å². The lowest BCUT2D eigenvalue weighted by Gasteiger charge is -2.46. The molecule has 1 unspecified atom stereocenters. The van der Waals surface area contributed by atoms with Crippen LogP contribution in [-0.4, -0.2) is 53.6 Å². The van der Waals surface area contributed by atoms with Gasteiger partial charge in [-0.25, -0.2) is 0 Å². The summed E-state index contributed by atoms with van der Waals surface area (Å²) in [6, 6.07) is 9.72. The van der Waals surface area contributed by atoms with E-state index in [4.69, 9.17) is 13.9 Å². The maximum Gasteiger partial charge on any atom is 0.250 e. The summed E-state index contributed by atoms with van der Waals surface area (Å²) in [5.74, 6) is 1.000. The van der Waals surface area contributed by atoms with E-state index in [0.717, 1.165) is 5.56 Å². The van der Waals surface area contributed by atoms with E-state index in [2.05, 4.69) is 15.1 Å². The van der Waals surface area contributed by atoms with Gasteiger partial charge in [0.25, 0.3) is 5.89 Å². The molecule has 1 aromatic heterocycles. The Kier molecular flexibility index (Phi) is 3.88. The van der Waals surface area contributed by atoms with E-state index < -0.39 is 11.2 Å². The number of likely N-dealkylation sites (tertiary alicyclic amines) is 1. The van der Waals surface area contributed by atoms with Gasteiger partial charge in [-0.2, -0.15) is 0 Å². The van der Waals surface area contributed by atoms with Gasteiger partial charge < -0.3 is 19.0 Å². The normalized spacial score (nSPS) is 26.4. The lowest BCUT2D eigenvalue weighted by molar-refractivity contribution is -0.110. The van der Waals surface area contributed by atoms with Crippen LogP contribution in [0.1, 0.15) is 23.8 Å². The highest BCUT2D eigenvalue weighted by Gasteiger charge is 2.44. The number of ether oxygens (including phenoxy) is 2. The van der Waals surface area contributed by atoms with Crippen molar-refractivity contribution in [3.05, 3.63) is 47.7 Å². The van der Waals surface area contributed by atoms with Crippen molar-refractivity contribution in [2.24, 2.45) is 0 Å². The summed E-state index contributed by atoms with van der Waals surface area (Å²) >= 11 is 0. The zero-order chi connectivity index (χ0) is 16.6. The molecule has 24 heavy (non-hydrogen) atoms. The van der Waals surface area contributed by atoms with E-state index >= 15 is 0 Å². The van der Waals surface area contributed by atoms with Crippen molar-refractivity contribution in [1.29, 1.82) is 0 Å². The Labute approximate surface area is 140 Å². The number of β-amino-alcohol motifs (C(OH)–C–C–N with tert-alkyl or cyclic N) is 1. The second kappa shape index (κ2) is 5.93. The molecule has 1 aromatic carbocycles. The fourth-order valence-corrected chi connectivity index (χ4v) is 3.39. The van der Waals surface area contributed by atoms with Crippen LogP contribution in [0, 0.1) is 0 Å². The SMILES string of the molecule is COC1(c2nnc(CN3CC(O)(c4ccccc4)C3)o2)CCOC1. The highest BCUT2D eigenvalue weighted by Crippen LogP contribution is 2.35. The minimum absolute atomic E-state index is 0.433. The van der Waals surface area contributed by atoms with E-state index in [1.165, 1.54) is 0 Å². The van der Waals surface area contributed by atoms with Crippen LogP contribution in [0.3, 0.4) is 0 Å². The first-order valence-corrected chi connectivity index (χ1v) is 8.10. The molecule has 2 aliphatic rings. The van der Waals surface area contributed by atoms with Gasteiger partial charge in [0, 0.05) is 26.6 Å². The van der Waals surface area contributed by atoms with Crippen molar-refractivity contribution < 1.29 is 19.0 Å². The largest absolute Gasteiger partial charge is 0.421 e. The molecule has 7 nitrogen and oxygen atoms in total. The van der Waals surface area contributed by atoms with E-state index in [9.17, 15) is 5.11 Å². The molecule has 0 spiro atoms. The molecule has 0 radical (unpaired) electrons. The van der Waals surface area contributed by atoms with Crippen molar-refractivity contribution in [2.75, 3.05) is 33.4 Å². The molecule has 1 N–H and O–H groups in total. The quantitative estimate of drug-likeness (QED) is 0.876. The van der Waals surface area contributed by atoms with Crippen LogP contribution in [0.2, 0.25) is 0 Å². The second-order valence-corrected chi connectivity index (χ2v) is 6.54. The Hall–Kier alpha value is -1.80. The average molecular weight is 331 g/mol. The fourth-order valence-electron chi connectivity index (χ4n) is 3.39. The van der Waals surface area contributed by atoms with Crippen LogP contribution in [0.4, 0.5) is 0 Å². The molecule has 4 rings (SSSR count). The van der Waals surface area contributed by atoms with Gasteiger partial charge in [-0.1, -0.05) is 30.3 Å². The number of rotatable bonds is 5. The Morgan fingerprint density at radius 1 is 1.25 bits per heavy atom. The van der Waals surface area contributed by atoms with Gasteiger partial charge in [0.05, 0.1) is 19.8 Å². The zero-order valence-corrected chi connectivity index (χ0v) is 13.6. The van der Waals surface area contributed by atoms with Gasteiger partial charge in [0.2, 0.25) is 5.89 Å². The third-order valence-corrected chi connectivity index (χ3v) is 4.87. The Balaban J connectivity index is 1.40. The molecule has 0 aliphatic carbocycles. The second-order valence-electron chi connectivity index (χ2n) is 6.54. The predicted molar refractivity (Wildman–Crippen MR) is 84.0 cm³/mol. The molecular weight excluding hydrogens is 310 g/mol. The Morgan fingerprint density at radius 2 is 2.04 bits per heavy atom. The third-order valence-electron chi connectivity index (χ3n) is 4.87. The lowest BCUT2D eigenvalue weighted by Crippen LogP contribution is -2.58. The molecule has 0 saturated carbocycles. The van der Waals surface area contributed by atoms with E-state index in [-0.39, 0.29) is 0 Å². The summed E-state index contributed by atoms with van der Waals surface area (Å²) in [6.45, 7) is 2.67. The highest BCUT2D eigenvalue weighted by atomic mass is 16.6. The van der Waals surface area contributed by atoms with Crippen LogP contribution < -0.4 is 0 Å². The van der Waals surface area contributed by atoms with Crippen molar-refractivity contribution >= 4 is 0 Å². The van der Waals surface area contributed by atoms with Gasteiger partial charge in [0.15, 0.2) is 5.60 Å². The van der Waals surface area contributed by atoms with Gasteiger partial charge in [-0.05, 0) is 5.56 Å². The van der Waals surface area contributed by atoms with E-state index in [0.29, 0.717) is 51.1 Å². The summed E-state index contributed by atoms with van der Waals surface area (Å²) in [5, 5.41) is 18.9. The zero-order valence-electron chi connectivity index (χ0n) is 13.6. The first-order chi connectivity index (χ1) is 11.6. The minimum atomic E-state index is -0.794. The lowest BCUT2D eigenvalue weighted by atomic mass is 9.86.